The topological polar surface area (TPSA) is 86.2 Å². The van der Waals surface area contributed by atoms with Gasteiger partial charge in [-0.2, -0.15) is 7.82 Å². The molecule has 32 valence electrons. The van der Waals surface area contributed by atoms with Gasteiger partial charge in [-0.15, -0.1) is 0 Å². The van der Waals surface area contributed by atoms with E-state index < -0.39 is 7.82 Å². The monoisotopic (exact) mass is 265 g/mol. The summed E-state index contributed by atoms with van der Waals surface area (Å²) in [5, 5.41) is 0. The number of hydrogen-bond donors (Lipinski definition) is 0. The molecule has 0 amide bonds. The minimum atomic E-state index is -5.39. The predicted molar refractivity (Wildman–Crippen MR) is 7.61 cm³/mol. The van der Waals surface area contributed by atoms with Crippen LogP contribution >= 0.6 is 7.82 Å². The van der Waals surface area contributed by atoms with Gasteiger partial charge < -0.3 is 19.2 Å². The van der Waals surface area contributed by atoms with E-state index >= 15 is 0 Å². The Morgan fingerprint density at radius 2 is 1.00 bits per heavy atom. The molecule has 0 aromatic heterocycles. The van der Waals surface area contributed by atoms with Crippen molar-refractivity contribution in [3.8, 4) is 0 Å². The fraction of sp³-hybridized carbons (Fsp3) is 0. The molecule has 0 unspecified atom stereocenters. The van der Waals surface area contributed by atoms with Crippen molar-refractivity contribution in [2.75, 3.05) is 0 Å². The van der Waals surface area contributed by atoms with Gasteiger partial charge in [0.15, 0.2) is 0 Å². The molecule has 0 aliphatic heterocycles. The third-order valence-corrected chi connectivity index (χ3v) is 0. The van der Waals surface area contributed by atoms with Crippen LogP contribution in [-0.4, -0.2) is 0 Å². The van der Waals surface area contributed by atoms with E-state index in [0.29, 0.717) is 0 Å². The first kappa shape index (κ1) is 17.0. The van der Waals surface area contributed by atoms with Gasteiger partial charge >= 0.3 is 116 Å². The number of rotatable bonds is 0. The van der Waals surface area contributed by atoms with Crippen LogP contribution in [-0.2, 0) is 4.57 Å². The standard InChI is InChI=1S/H3O4P.2Rb/c1-5(2,3)4;;/h(H3,1,2,3,4);;/q;2*+1/p-3. The maximum atomic E-state index is 8.55. The van der Waals surface area contributed by atoms with Gasteiger partial charge in [0.1, 0.15) is 0 Å². The summed E-state index contributed by atoms with van der Waals surface area (Å²) in [7, 11) is -5.39. The van der Waals surface area contributed by atoms with Crippen molar-refractivity contribution in [3.63, 3.8) is 0 Å². The summed E-state index contributed by atoms with van der Waals surface area (Å²) in [6, 6.07) is 0. The van der Waals surface area contributed by atoms with Gasteiger partial charge in [-0.1, -0.05) is 0 Å². The van der Waals surface area contributed by atoms with Gasteiger partial charge in [0.05, 0.1) is 0 Å². The van der Waals surface area contributed by atoms with E-state index in [0.717, 1.165) is 0 Å². The number of hydrogen-bond acceptors (Lipinski definition) is 4. The molecular formula is O4PRb2-. The molecule has 7 heteroatoms. The molecule has 0 saturated heterocycles. The first-order chi connectivity index (χ1) is 2.00. The Bertz CT molecular complexity index is 55.8. The summed E-state index contributed by atoms with van der Waals surface area (Å²) in [5.74, 6) is 0. The first-order valence-corrected chi connectivity index (χ1v) is 2.19. The van der Waals surface area contributed by atoms with E-state index in [1.807, 2.05) is 0 Å². The van der Waals surface area contributed by atoms with Crippen molar-refractivity contribution in [3.05, 3.63) is 0 Å². The molecule has 0 N–H and O–H groups in total. The van der Waals surface area contributed by atoms with E-state index in [1.54, 1.807) is 0 Å². The Morgan fingerprint density at radius 1 is 1.00 bits per heavy atom. The molecule has 4 nitrogen and oxygen atoms in total. The second-order valence-electron chi connectivity index (χ2n) is 0.447. The minimum Gasteiger partial charge on any atom is -0.822 e. The van der Waals surface area contributed by atoms with Gasteiger partial charge in [0.2, 0.25) is 0 Å². The maximum Gasteiger partial charge on any atom is 1.00 e. The zero-order valence-corrected chi connectivity index (χ0v) is 14.8. The van der Waals surface area contributed by atoms with E-state index in [9.17, 15) is 0 Å². The minimum absolute atomic E-state index is 0. The Labute approximate surface area is 139 Å². The molecule has 0 rings (SSSR count). The Balaban J connectivity index is -0.0000000800. The van der Waals surface area contributed by atoms with Crippen molar-refractivity contribution in [2.45, 2.75) is 0 Å². The van der Waals surface area contributed by atoms with Gasteiger partial charge in [0, 0.05) is 0 Å². The SMILES string of the molecule is O=P([O-])([O-])[O-].[Rb+].[Rb+]. The molecule has 0 radical (unpaired) electrons. The molecule has 0 saturated carbocycles. The Hall–Kier alpha value is 3.72. The van der Waals surface area contributed by atoms with Crippen LogP contribution < -0.4 is 131 Å². The fourth-order valence-corrected chi connectivity index (χ4v) is 0. The average molecular weight is 266 g/mol. The Kier molecular flexibility index (Phi) is 19.0. The molecule has 0 aromatic rings. The van der Waals surface area contributed by atoms with Crippen LogP contribution in [0.4, 0.5) is 0 Å². The molecule has 0 fully saturated rings. The van der Waals surface area contributed by atoms with Crippen LogP contribution in [0.2, 0.25) is 0 Å². The molecule has 0 bridgehead atoms. The third-order valence-electron chi connectivity index (χ3n) is 0. The normalized spacial score (nSPS) is 8.43. The summed E-state index contributed by atoms with van der Waals surface area (Å²) in [6.07, 6.45) is 0. The zero-order chi connectivity index (χ0) is 4.50. The summed E-state index contributed by atoms with van der Waals surface area (Å²) in [4.78, 5) is 25.6. The van der Waals surface area contributed by atoms with Crippen LogP contribution in [0.5, 0.6) is 0 Å². The van der Waals surface area contributed by atoms with Crippen LogP contribution in [0.25, 0.3) is 0 Å². The van der Waals surface area contributed by atoms with Crippen LogP contribution in [0.1, 0.15) is 0 Å². The van der Waals surface area contributed by atoms with Gasteiger partial charge in [0.25, 0.3) is 0 Å². The zero-order valence-electron chi connectivity index (χ0n) is 4.08. The molecule has 0 heterocycles. The molecule has 0 aliphatic carbocycles. The van der Waals surface area contributed by atoms with Gasteiger partial charge in [-0.25, -0.2) is 0 Å². The van der Waals surface area contributed by atoms with E-state index in [1.165, 1.54) is 0 Å². The van der Waals surface area contributed by atoms with Crippen molar-refractivity contribution in [1.82, 2.24) is 0 Å². The van der Waals surface area contributed by atoms with Crippen molar-refractivity contribution in [1.29, 1.82) is 0 Å². The molecule has 0 aliphatic rings. The summed E-state index contributed by atoms with van der Waals surface area (Å²) in [6.45, 7) is 0. The van der Waals surface area contributed by atoms with E-state index in [2.05, 4.69) is 0 Å². The molecule has 0 atom stereocenters. The average Bonchev–Trinajstić information content (AvgIpc) is 0.722. The summed E-state index contributed by atoms with van der Waals surface area (Å²) < 4.78 is 8.55. The molecule has 7 heavy (non-hydrogen) atoms. The van der Waals surface area contributed by atoms with Crippen molar-refractivity contribution in [2.24, 2.45) is 0 Å². The molecular weight excluding hydrogens is 266 g/mol. The first-order valence-electron chi connectivity index (χ1n) is 0.730. The predicted octanol–water partition coefficient (Wildman–Crippen LogP) is -8.82. The third kappa shape index (κ3) is 41.9. The van der Waals surface area contributed by atoms with Crippen LogP contribution in [0.15, 0.2) is 0 Å². The molecule has 0 spiro atoms. The van der Waals surface area contributed by atoms with Gasteiger partial charge in [-0.05, 0) is 0 Å². The Morgan fingerprint density at radius 3 is 1.00 bits per heavy atom. The molecule has 0 aromatic carbocycles. The second-order valence-corrected chi connectivity index (χ2v) is 1.34. The maximum absolute atomic E-state index is 8.55. The summed E-state index contributed by atoms with van der Waals surface area (Å²) in [5.41, 5.74) is 0. The fourth-order valence-electron chi connectivity index (χ4n) is 0. The van der Waals surface area contributed by atoms with Crippen LogP contribution in [0, 0.1) is 0 Å². The van der Waals surface area contributed by atoms with E-state index in [-0.39, 0.29) is 116 Å². The smallest absolute Gasteiger partial charge is 0.822 e. The summed E-state index contributed by atoms with van der Waals surface area (Å²) >= 11 is 0. The van der Waals surface area contributed by atoms with Gasteiger partial charge in [-0.3, -0.25) is 0 Å². The van der Waals surface area contributed by atoms with Crippen molar-refractivity contribution >= 4 is 7.82 Å². The largest absolute Gasteiger partial charge is 1.00 e. The van der Waals surface area contributed by atoms with Crippen molar-refractivity contribution < 1.29 is 136 Å². The van der Waals surface area contributed by atoms with Crippen LogP contribution in [0.3, 0.4) is 0 Å². The number of phosphoric acid groups is 1. The van der Waals surface area contributed by atoms with E-state index in [4.69, 9.17) is 19.2 Å². The second kappa shape index (κ2) is 7.82. The quantitative estimate of drug-likeness (QED) is 0.407.